The Hall–Kier alpha value is -4.74. The second-order valence-electron chi connectivity index (χ2n) is 21.4. The number of ketones is 1. The number of ether oxygens (including phenoxy) is 2. The van der Waals surface area contributed by atoms with Crippen LogP contribution in [-0.4, -0.2) is 118 Å². The molecule has 4 N–H and O–H groups in total. The van der Waals surface area contributed by atoms with Gasteiger partial charge >= 0.3 is 0 Å². The van der Waals surface area contributed by atoms with Crippen molar-refractivity contribution in [3.8, 4) is 0 Å². The number of hydrogen-bond acceptors (Lipinski definition) is 11. The van der Waals surface area contributed by atoms with Crippen LogP contribution in [-0.2, 0) is 51.5 Å². The summed E-state index contributed by atoms with van der Waals surface area (Å²) >= 11 is 3.37. The molecule has 14 nitrogen and oxygen atoms in total. The average Bonchev–Trinajstić information content (AvgIpc) is 3.69. The molecule has 3 aromatic carbocycles. The van der Waals surface area contributed by atoms with Gasteiger partial charge in [0.25, 0.3) is 0 Å². The summed E-state index contributed by atoms with van der Waals surface area (Å²) in [6.45, 7) is 14.9. The number of amides is 5. The van der Waals surface area contributed by atoms with E-state index in [1.165, 1.54) is 0 Å². The van der Waals surface area contributed by atoms with Crippen LogP contribution in [0.1, 0.15) is 121 Å². The third kappa shape index (κ3) is 13.1. The van der Waals surface area contributed by atoms with Gasteiger partial charge in [-0.15, -0.1) is 23.5 Å². The standard InChI is InChI=1S/C56H76N6O8S2/c1-9-35(2)50(64)58-42-24-26-72-47-30-56(6,7)49(62(47)54(42)68)52(66)60-44(40-18-14-11-15-19-40)34-70-32-38-22-20-37(21-23-38)31-69-33-41(39-16-12-10-13-17-39)28-45(63)48-55(4,5)29-46-61(48)53(67)43(25-27-71-46)59-51(65)36(3)57-8/h10-23,35-36,41-44,46-49,57H,9,24-34H2,1-8H3,(H,58,64)(H,59,65)(H,60,66)/t35-,36+,41-,42+,43+,44-,46+,47+,48-,49-/m1/s1. The summed E-state index contributed by atoms with van der Waals surface area (Å²) in [6.07, 6.45) is 3.25. The van der Waals surface area contributed by atoms with E-state index in [2.05, 4.69) is 35.1 Å². The number of benzene rings is 3. The van der Waals surface area contributed by atoms with Crippen molar-refractivity contribution in [3.63, 3.8) is 0 Å². The largest absolute Gasteiger partial charge is 0.376 e. The van der Waals surface area contributed by atoms with Gasteiger partial charge in [-0.1, -0.05) is 126 Å². The minimum absolute atomic E-state index is 0.0113. The van der Waals surface area contributed by atoms with Crippen molar-refractivity contribution >= 4 is 58.8 Å². The number of likely N-dealkylation sites (N-methyl/N-ethyl adjacent to an activating group) is 1. The summed E-state index contributed by atoms with van der Waals surface area (Å²) in [6, 6.07) is 23.9. The van der Waals surface area contributed by atoms with Gasteiger partial charge in [0, 0.05) is 18.3 Å². The smallest absolute Gasteiger partial charge is 0.246 e. The molecular weight excluding hydrogens is 949 g/mol. The number of carbonyl (C=O) groups excluding carboxylic acids is 6. The summed E-state index contributed by atoms with van der Waals surface area (Å²) in [5.41, 5.74) is 2.81. The fourth-order valence-corrected chi connectivity index (χ4v) is 13.8. The molecule has 72 heavy (non-hydrogen) atoms. The van der Waals surface area contributed by atoms with Crippen LogP contribution in [0, 0.1) is 16.7 Å². The lowest BCUT2D eigenvalue weighted by atomic mass is 9.79. The zero-order valence-electron chi connectivity index (χ0n) is 43.3. The summed E-state index contributed by atoms with van der Waals surface area (Å²) in [7, 11) is 1.71. The number of nitrogens with zero attached hydrogens (tertiary/aromatic N) is 2. The first-order valence-corrected chi connectivity index (χ1v) is 27.8. The Balaban J connectivity index is 0.960. The van der Waals surface area contributed by atoms with Crippen molar-refractivity contribution in [1.29, 1.82) is 0 Å². The Morgan fingerprint density at radius 3 is 1.69 bits per heavy atom. The van der Waals surface area contributed by atoms with E-state index in [1.807, 2.05) is 113 Å². The Bertz CT molecular complexity index is 2190. The Kier molecular flexibility index (Phi) is 18.7. The van der Waals surface area contributed by atoms with E-state index in [0.717, 1.165) is 22.3 Å². The van der Waals surface area contributed by atoms with Gasteiger partial charge in [0.15, 0.2) is 5.78 Å². The van der Waals surface area contributed by atoms with E-state index in [1.54, 1.807) is 47.3 Å². The topological polar surface area (TPSA) is 175 Å². The first-order chi connectivity index (χ1) is 34.4. The van der Waals surface area contributed by atoms with Gasteiger partial charge in [-0.25, -0.2) is 0 Å². The van der Waals surface area contributed by atoms with Crippen LogP contribution in [0.3, 0.4) is 0 Å². The van der Waals surface area contributed by atoms with Gasteiger partial charge in [-0.2, -0.15) is 0 Å². The Morgan fingerprint density at radius 1 is 0.681 bits per heavy atom. The Labute approximate surface area is 435 Å². The number of nitrogens with one attached hydrogen (secondary N) is 4. The number of carbonyl (C=O) groups is 6. The first kappa shape index (κ1) is 55.0. The molecule has 4 heterocycles. The van der Waals surface area contributed by atoms with E-state index in [9.17, 15) is 28.8 Å². The zero-order chi connectivity index (χ0) is 51.7. The second-order valence-corrected chi connectivity index (χ2v) is 24.0. The number of fused-ring (bicyclic) bond motifs is 2. The van der Waals surface area contributed by atoms with Gasteiger partial charge in [0.1, 0.15) is 18.1 Å². The molecule has 0 spiro atoms. The van der Waals surface area contributed by atoms with Gasteiger partial charge in [-0.3, -0.25) is 28.8 Å². The number of hydrogen-bond donors (Lipinski definition) is 4. The van der Waals surface area contributed by atoms with Crippen molar-refractivity contribution in [2.75, 3.05) is 31.8 Å². The van der Waals surface area contributed by atoms with Gasteiger partial charge in [0.05, 0.1) is 55.3 Å². The quantitative estimate of drug-likeness (QED) is 0.0855. The molecule has 4 saturated heterocycles. The summed E-state index contributed by atoms with van der Waals surface area (Å²) in [5.74, 6) is -0.0780. The van der Waals surface area contributed by atoms with Crippen molar-refractivity contribution in [1.82, 2.24) is 31.1 Å². The molecular formula is C56H76N6O8S2. The summed E-state index contributed by atoms with van der Waals surface area (Å²) in [4.78, 5) is 86.8. The predicted molar refractivity (Wildman–Crippen MR) is 284 cm³/mol. The molecule has 4 fully saturated rings. The normalized spacial score (nSPS) is 25.2. The molecule has 0 bridgehead atoms. The van der Waals surface area contributed by atoms with E-state index in [0.29, 0.717) is 63.4 Å². The van der Waals surface area contributed by atoms with Gasteiger partial charge in [0.2, 0.25) is 29.5 Å². The van der Waals surface area contributed by atoms with Crippen LogP contribution in [0.2, 0.25) is 0 Å². The highest BCUT2D eigenvalue weighted by atomic mass is 32.2. The van der Waals surface area contributed by atoms with Crippen LogP contribution in [0.25, 0.3) is 0 Å². The molecule has 390 valence electrons. The van der Waals surface area contributed by atoms with Crippen molar-refractivity contribution in [2.24, 2.45) is 16.7 Å². The first-order valence-electron chi connectivity index (χ1n) is 25.7. The monoisotopic (exact) mass is 1020 g/mol. The van der Waals surface area contributed by atoms with Gasteiger partial charge in [-0.05, 0) is 90.7 Å². The molecule has 4 aliphatic rings. The van der Waals surface area contributed by atoms with Gasteiger partial charge < -0.3 is 40.5 Å². The van der Waals surface area contributed by atoms with Crippen molar-refractivity contribution in [2.45, 2.75) is 153 Å². The molecule has 3 aromatic rings. The SMILES string of the molecule is CC[C@@H](C)C(=O)N[C@H]1CCS[C@H]2CC(C)(C)[C@@H](C(=O)N[C@H](COCc3ccc(COC[C@@H](CC(=O)[C@H]4N5C(=O)[C@@H](NC(=O)[C@H](C)NC)CCS[C@H]5CC4(C)C)c4ccccc4)cc3)c3ccccc3)N2C1=O. The van der Waals surface area contributed by atoms with Crippen LogP contribution < -0.4 is 21.3 Å². The fraction of sp³-hybridized carbons (Fsp3) is 0.571. The average molecular weight is 1030 g/mol. The third-order valence-corrected chi connectivity index (χ3v) is 17.6. The highest BCUT2D eigenvalue weighted by Gasteiger charge is 2.56. The van der Waals surface area contributed by atoms with Crippen molar-refractivity contribution in [3.05, 3.63) is 107 Å². The molecule has 4 aliphatic heterocycles. The molecule has 0 aromatic heterocycles. The molecule has 7 rings (SSSR count). The van der Waals surface area contributed by atoms with E-state index in [-0.39, 0.29) is 70.9 Å². The third-order valence-electron chi connectivity index (χ3n) is 15.1. The van der Waals surface area contributed by atoms with E-state index >= 15 is 0 Å². The lowest BCUT2D eigenvalue weighted by molar-refractivity contribution is -0.144. The summed E-state index contributed by atoms with van der Waals surface area (Å²) in [5, 5.41) is 11.8. The van der Waals surface area contributed by atoms with E-state index in [4.69, 9.17) is 9.47 Å². The molecule has 0 saturated carbocycles. The maximum absolute atomic E-state index is 14.6. The lowest BCUT2D eigenvalue weighted by Gasteiger charge is -2.35. The molecule has 10 atom stereocenters. The predicted octanol–water partition coefficient (Wildman–Crippen LogP) is 7.12. The molecule has 16 heteroatoms. The van der Waals surface area contributed by atoms with Crippen LogP contribution in [0.5, 0.6) is 0 Å². The minimum Gasteiger partial charge on any atom is -0.376 e. The fourth-order valence-electron chi connectivity index (χ4n) is 10.6. The van der Waals surface area contributed by atoms with Crippen molar-refractivity contribution < 1.29 is 38.2 Å². The molecule has 0 aliphatic carbocycles. The number of Topliss-reactive ketones (excluding diaryl/α,β-unsaturated/α-hetero) is 1. The summed E-state index contributed by atoms with van der Waals surface area (Å²) < 4.78 is 12.7. The maximum Gasteiger partial charge on any atom is 0.246 e. The highest BCUT2D eigenvalue weighted by Crippen LogP contribution is 2.48. The van der Waals surface area contributed by atoms with Crippen LogP contribution in [0.4, 0.5) is 0 Å². The van der Waals surface area contributed by atoms with E-state index < -0.39 is 47.1 Å². The zero-order valence-corrected chi connectivity index (χ0v) is 45.0. The molecule has 0 radical (unpaired) electrons. The Morgan fingerprint density at radius 2 is 1.17 bits per heavy atom. The number of thioether (sulfide) groups is 2. The van der Waals surface area contributed by atoms with Crippen LogP contribution >= 0.6 is 23.5 Å². The second kappa shape index (κ2) is 24.5. The maximum atomic E-state index is 14.6. The molecule has 5 amide bonds. The number of rotatable bonds is 21. The lowest BCUT2D eigenvalue weighted by Crippen LogP contribution is -2.57. The van der Waals surface area contributed by atoms with Crippen LogP contribution in [0.15, 0.2) is 84.9 Å². The highest BCUT2D eigenvalue weighted by molar-refractivity contribution is 8.00. The minimum atomic E-state index is -0.730. The molecule has 0 unspecified atom stereocenters.